The molecule has 0 saturated heterocycles. The Kier molecular flexibility index (Phi) is 3.69. The molecule has 1 aliphatic carbocycles. The smallest absolute Gasteiger partial charge is 0.229 e. The Balaban J connectivity index is 1.67. The molecule has 0 bridgehead atoms. The van der Waals surface area contributed by atoms with E-state index < -0.39 is 0 Å². The highest BCUT2D eigenvalue weighted by atomic mass is 16.5. The monoisotopic (exact) mass is 273 g/mol. The summed E-state index contributed by atoms with van der Waals surface area (Å²) in [6, 6.07) is 7.81. The molecular weight excluding hydrogens is 254 g/mol. The molecule has 106 valence electrons. The van der Waals surface area contributed by atoms with Crippen molar-refractivity contribution in [1.29, 1.82) is 0 Å². The van der Waals surface area contributed by atoms with Crippen LogP contribution in [0.1, 0.15) is 55.4 Å². The van der Waals surface area contributed by atoms with E-state index >= 15 is 0 Å². The summed E-state index contributed by atoms with van der Waals surface area (Å²) in [4.78, 5) is 4.35. The molecule has 3 rings (SSSR count). The summed E-state index contributed by atoms with van der Waals surface area (Å²) in [5.41, 5.74) is 7.10. The Hall–Kier alpha value is -1.88. The molecule has 0 amide bonds. The molecule has 1 aromatic heterocycles. The molecule has 5 nitrogen and oxygen atoms in total. The average molecular weight is 273 g/mol. The zero-order valence-corrected chi connectivity index (χ0v) is 11.6. The Morgan fingerprint density at radius 1 is 1.40 bits per heavy atom. The summed E-state index contributed by atoms with van der Waals surface area (Å²) < 4.78 is 11.0. The molecule has 0 spiro atoms. The molecule has 1 aliphatic rings. The summed E-state index contributed by atoms with van der Waals surface area (Å²) in [6.07, 6.45) is 3.17. The van der Waals surface area contributed by atoms with Crippen LogP contribution < -0.4 is 10.5 Å². The van der Waals surface area contributed by atoms with Crippen molar-refractivity contribution >= 4 is 0 Å². The molecule has 1 saturated carbocycles. The van der Waals surface area contributed by atoms with Gasteiger partial charge in [-0.3, -0.25) is 0 Å². The van der Waals surface area contributed by atoms with E-state index in [-0.39, 0.29) is 6.04 Å². The SMILES string of the molecule is CC[C@H](N)c1ccccc1OCc1noc(C2CC2)n1. The fourth-order valence-corrected chi connectivity index (χ4v) is 2.10. The standard InChI is InChI=1S/C15H19N3O2/c1-2-12(16)11-5-3-4-6-13(11)19-9-14-17-15(20-18-14)10-7-8-10/h3-6,10,12H,2,7-9,16H2,1H3/t12-/m0/s1. The van der Waals surface area contributed by atoms with Crippen molar-refractivity contribution in [1.82, 2.24) is 10.1 Å². The maximum atomic E-state index is 6.09. The van der Waals surface area contributed by atoms with E-state index in [0.29, 0.717) is 18.3 Å². The van der Waals surface area contributed by atoms with Crippen molar-refractivity contribution in [2.75, 3.05) is 0 Å². The summed E-state index contributed by atoms with van der Waals surface area (Å²) in [6.45, 7) is 2.37. The van der Waals surface area contributed by atoms with Crippen LogP contribution >= 0.6 is 0 Å². The summed E-state index contributed by atoms with van der Waals surface area (Å²) in [7, 11) is 0. The van der Waals surface area contributed by atoms with E-state index in [1.165, 1.54) is 0 Å². The van der Waals surface area contributed by atoms with Gasteiger partial charge in [0.25, 0.3) is 0 Å². The van der Waals surface area contributed by atoms with Gasteiger partial charge in [0.1, 0.15) is 5.75 Å². The number of hydrogen-bond donors (Lipinski definition) is 1. The highest BCUT2D eigenvalue weighted by Crippen LogP contribution is 2.38. The molecule has 1 aromatic carbocycles. The number of para-hydroxylation sites is 1. The van der Waals surface area contributed by atoms with Crippen LogP contribution in [0.5, 0.6) is 5.75 Å². The Morgan fingerprint density at radius 2 is 2.20 bits per heavy atom. The van der Waals surface area contributed by atoms with E-state index in [1.54, 1.807) is 0 Å². The molecule has 2 N–H and O–H groups in total. The van der Waals surface area contributed by atoms with Gasteiger partial charge in [0.2, 0.25) is 11.7 Å². The van der Waals surface area contributed by atoms with Gasteiger partial charge < -0.3 is 15.0 Å². The molecule has 0 aliphatic heterocycles. The number of ether oxygens (including phenoxy) is 1. The topological polar surface area (TPSA) is 74.2 Å². The molecule has 5 heteroatoms. The van der Waals surface area contributed by atoms with Crippen molar-refractivity contribution in [3.63, 3.8) is 0 Å². The summed E-state index contributed by atoms with van der Waals surface area (Å²) in [5.74, 6) is 2.59. The first kappa shape index (κ1) is 13.1. The van der Waals surface area contributed by atoms with Crippen LogP contribution in [0.2, 0.25) is 0 Å². The first-order chi connectivity index (χ1) is 9.78. The minimum absolute atomic E-state index is 0.0153. The van der Waals surface area contributed by atoms with Gasteiger partial charge >= 0.3 is 0 Å². The quantitative estimate of drug-likeness (QED) is 0.875. The fourth-order valence-electron chi connectivity index (χ4n) is 2.10. The van der Waals surface area contributed by atoms with Gasteiger partial charge in [-0.1, -0.05) is 30.3 Å². The average Bonchev–Trinajstić information content (AvgIpc) is 3.24. The number of nitrogens with zero attached hydrogens (tertiary/aromatic N) is 2. The molecule has 2 aromatic rings. The second-order valence-corrected chi connectivity index (χ2v) is 5.16. The molecular formula is C15H19N3O2. The second-order valence-electron chi connectivity index (χ2n) is 5.16. The van der Waals surface area contributed by atoms with Crippen LogP contribution in [0.3, 0.4) is 0 Å². The molecule has 1 heterocycles. The highest BCUT2D eigenvalue weighted by molar-refractivity contribution is 5.35. The Labute approximate surface area is 118 Å². The highest BCUT2D eigenvalue weighted by Gasteiger charge is 2.29. The minimum atomic E-state index is -0.0153. The predicted molar refractivity (Wildman–Crippen MR) is 74.3 cm³/mol. The van der Waals surface area contributed by atoms with E-state index in [0.717, 1.165) is 36.5 Å². The normalized spacial score (nSPS) is 16.1. The maximum Gasteiger partial charge on any atom is 0.229 e. The molecule has 20 heavy (non-hydrogen) atoms. The lowest BCUT2D eigenvalue weighted by molar-refractivity contribution is 0.281. The van der Waals surface area contributed by atoms with Gasteiger partial charge in [-0.15, -0.1) is 0 Å². The van der Waals surface area contributed by atoms with Gasteiger partial charge in [-0.2, -0.15) is 4.98 Å². The van der Waals surface area contributed by atoms with Gasteiger partial charge in [-0.05, 0) is 25.3 Å². The largest absolute Gasteiger partial charge is 0.485 e. The Morgan fingerprint density at radius 3 is 2.95 bits per heavy atom. The van der Waals surface area contributed by atoms with Gasteiger partial charge in [0.05, 0.1) is 0 Å². The van der Waals surface area contributed by atoms with Crippen LogP contribution in [-0.4, -0.2) is 10.1 Å². The second kappa shape index (κ2) is 5.63. The lowest BCUT2D eigenvalue weighted by Gasteiger charge is -2.14. The lowest BCUT2D eigenvalue weighted by atomic mass is 10.0. The van der Waals surface area contributed by atoms with Crippen molar-refractivity contribution in [3.8, 4) is 5.75 Å². The number of nitrogens with two attached hydrogens (primary N) is 1. The van der Waals surface area contributed by atoms with Gasteiger partial charge in [0.15, 0.2) is 6.61 Å². The Bertz CT molecular complexity index is 578. The molecule has 0 unspecified atom stereocenters. The van der Waals surface area contributed by atoms with Crippen LogP contribution in [0.25, 0.3) is 0 Å². The fraction of sp³-hybridized carbons (Fsp3) is 0.467. The van der Waals surface area contributed by atoms with Crippen LogP contribution in [0.15, 0.2) is 28.8 Å². The van der Waals surface area contributed by atoms with E-state index in [9.17, 15) is 0 Å². The maximum absolute atomic E-state index is 6.09. The molecule has 0 radical (unpaired) electrons. The zero-order chi connectivity index (χ0) is 13.9. The summed E-state index contributed by atoms with van der Waals surface area (Å²) >= 11 is 0. The van der Waals surface area contributed by atoms with E-state index in [4.69, 9.17) is 15.0 Å². The van der Waals surface area contributed by atoms with Crippen molar-refractivity contribution in [2.24, 2.45) is 5.73 Å². The third kappa shape index (κ3) is 2.82. The van der Waals surface area contributed by atoms with Crippen LogP contribution in [-0.2, 0) is 6.61 Å². The predicted octanol–water partition coefficient (Wildman–Crippen LogP) is 2.94. The van der Waals surface area contributed by atoms with Crippen molar-refractivity contribution in [3.05, 3.63) is 41.5 Å². The van der Waals surface area contributed by atoms with E-state index in [2.05, 4.69) is 17.1 Å². The van der Waals surface area contributed by atoms with Crippen molar-refractivity contribution < 1.29 is 9.26 Å². The third-order valence-electron chi connectivity index (χ3n) is 3.53. The third-order valence-corrected chi connectivity index (χ3v) is 3.53. The number of rotatable bonds is 6. The number of aromatic nitrogens is 2. The summed E-state index contributed by atoms with van der Waals surface area (Å²) in [5, 5.41) is 3.94. The van der Waals surface area contributed by atoms with Crippen LogP contribution in [0.4, 0.5) is 0 Å². The lowest BCUT2D eigenvalue weighted by Crippen LogP contribution is -2.11. The molecule has 1 fully saturated rings. The number of benzene rings is 1. The molecule has 1 atom stereocenters. The first-order valence-electron chi connectivity index (χ1n) is 7.07. The van der Waals surface area contributed by atoms with Gasteiger partial charge in [0, 0.05) is 17.5 Å². The number of hydrogen-bond acceptors (Lipinski definition) is 5. The minimum Gasteiger partial charge on any atom is -0.485 e. The van der Waals surface area contributed by atoms with Crippen LogP contribution in [0, 0.1) is 0 Å². The van der Waals surface area contributed by atoms with Gasteiger partial charge in [-0.25, -0.2) is 0 Å². The first-order valence-corrected chi connectivity index (χ1v) is 7.07. The van der Waals surface area contributed by atoms with Crippen molar-refractivity contribution in [2.45, 2.75) is 44.8 Å². The van der Waals surface area contributed by atoms with E-state index in [1.807, 2.05) is 24.3 Å². The zero-order valence-electron chi connectivity index (χ0n) is 11.6.